The molecule has 0 radical (unpaired) electrons. The van der Waals surface area contributed by atoms with Gasteiger partial charge in [-0.1, -0.05) is 0 Å². The standard InChI is InChI=1S/C17H21N5O2/c1-23-14-10-19-17(20-11-14)24-13-5-8-22(9-6-13)15-4-7-18-16(21-15)12-2-3-12/h4,7,10-13H,2-3,5-6,8-9H2,1H3. The van der Waals surface area contributed by atoms with Crippen LogP contribution in [-0.2, 0) is 0 Å². The van der Waals surface area contributed by atoms with Crippen LogP contribution in [0, 0.1) is 0 Å². The zero-order valence-corrected chi connectivity index (χ0v) is 13.8. The summed E-state index contributed by atoms with van der Waals surface area (Å²) in [5.41, 5.74) is 0. The number of nitrogens with zero attached hydrogens (tertiary/aromatic N) is 5. The minimum absolute atomic E-state index is 0.138. The van der Waals surface area contributed by atoms with Gasteiger partial charge in [-0.15, -0.1) is 0 Å². The number of anilines is 1. The van der Waals surface area contributed by atoms with E-state index in [1.54, 1.807) is 19.5 Å². The Balaban J connectivity index is 1.33. The van der Waals surface area contributed by atoms with Crippen molar-refractivity contribution in [3.05, 3.63) is 30.5 Å². The van der Waals surface area contributed by atoms with Crippen molar-refractivity contribution in [2.24, 2.45) is 0 Å². The average Bonchev–Trinajstić information content (AvgIpc) is 3.48. The van der Waals surface area contributed by atoms with E-state index in [0.29, 0.717) is 17.7 Å². The van der Waals surface area contributed by atoms with Crippen molar-refractivity contribution in [2.75, 3.05) is 25.1 Å². The average molecular weight is 327 g/mol. The molecule has 0 N–H and O–H groups in total. The van der Waals surface area contributed by atoms with Crippen molar-refractivity contribution in [3.8, 4) is 11.8 Å². The number of hydrogen-bond acceptors (Lipinski definition) is 7. The fourth-order valence-corrected chi connectivity index (χ4v) is 2.90. The molecule has 3 heterocycles. The van der Waals surface area contributed by atoms with E-state index < -0.39 is 0 Å². The number of hydrogen-bond donors (Lipinski definition) is 0. The van der Waals surface area contributed by atoms with Crippen molar-refractivity contribution in [1.29, 1.82) is 0 Å². The number of piperidine rings is 1. The lowest BCUT2D eigenvalue weighted by Gasteiger charge is -2.32. The van der Waals surface area contributed by atoms with E-state index >= 15 is 0 Å². The van der Waals surface area contributed by atoms with Gasteiger partial charge in [-0.25, -0.2) is 9.97 Å². The molecule has 0 atom stereocenters. The summed E-state index contributed by atoms with van der Waals surface area (Å²) in [4.78, 5) is 19.8. The van der Waals surface area contributed by atoms with Gasteiger partial charge in [0, 0.05) is 38.0 Å². The van der Waals surface area contributed by atoms with E-state index in [2.05, 4.69) is 19.9 Å². The topological polar surface area (TPSA) is 73.3 Å². The molecule has 1 saturated carbocycles. The van der Waals surface area contributed by atoms with Crippen LogP contribution in [0.15, 0.2) is 24.7 Å². The molecule has 1 aliphatic carbocycles. The number of aromatic nitrogens is 4. The zero-order valence-electron chi connectivity index (χ0n) is 13.8. The Labute approximate surface area is 141 Å². The van der Waals surface area contributed by atoms with Crippen LogP contribution in [0.25, 0.3) is 0 Å². The van der Waals surface area contributed by atoms with Crippen LogP contribution < -0.4 is 14.4 Å². The first-order valence-electron chi connectivity index (χ1n) is 8.42. The molecule has 1 aliphatic heterocycles. The van der Waals surface area contributed by atoms with Gasteiger partial charge in [-0.3, -0.25) is 0 Å². The van der Waals surface area contributed by atoms with Crippen LogP contribution in [-0.4, -0.2) is 46.2 Å². The van der Waals surface area contributed by atoms with Crippen LogP contribution in [0.2, 0.25) is 0 Å². The van der Waals surface area contributed by atoms with Crippen LogP contribution in [0.3, 0.4) is 0 Å². The first-order chi connectivity index (χ1) is 11.8. The molecule has 7 nitrogen and oxygen atoms in total. The summed E-state index contributed by atoms with van der Waals surface area (Å²) < 4.78 is 10.9. The molecule has 0 bridgehead atoms. The molecule has 24 heavy (non-hydrogen) atoms. The van der Waals surface area contributed by atoms with E-state index in [1.165, 1.54) is 12.8 Å². The summed E-state index contributed by atoms with van der Waals surface area (Å²) in [6, 6.07) is 2.41. The lowest BCUT2D eigenvalue weighted by molar-refractivity contribution is 0.156. The van der Waals surface area contributed by atoms with Crippen molar-refractivity contribution in [3.63, 3.8) is 0 Å². The molecule has 4 rings (SSSR count). The Morgan fingerprint density at radius 3 is 2.46 bits per heavy atom. The van der Waals surface area contributed by atoms with Crippen LogP contribution in [0.1, 0.15) is 37.4 Å². The fraction of sp³-hybridized carbons (Fsp3) is 0.529. The van der Waals surface area contributed by atoms with E-state index in [9.17, 15) is 0 Å². The SMILES string of the molecule is COc1cnc(OC2CCN(c3ccnc(C4CC4)n3)CC2)nc1. The highest BCUT2D eigenvalue weighted by molar-refractivity contribution is 5.38. The van der Waals surface area contributed by atoms with Gasteiger partial charge in [0.15, 0.2) is 5.75 Å². The third kappa shape index (κ3) is 3.39. The van der Waals surface area contributed by atoms with Gasteiger partial charge < -0.3 is 14.4 Å². The predicted molar refractivity (Wildman–Crippen MR) is 88.5 cm³/mol. The molecule has 2 aliphatic rings. The van der Waals surface area contributed by atoms with Crippen molar-refractivity contribution < 1.29 is 9.47 Å². The largest absolute Gasteiger partial charge is 0.494 e. The molecule has 1 saturated heterocycles. The van der Waals surface area contributed by atoms with Gasteiger partial charge >= 0.3 is 6.01 Å². The van der Waals surface area contributed by atoms with Gasteiger partial charge in [0.2, 0.25) is 0 Å². The smallest absolute Gasteiger partial charge is 0.316 e. The number of methoxy groups -OCH3 is 1. The van der Waals surface area contributed by atoms with Crippen LogP contribution in [0.5, 0.6) is 11.8 Å². The van der Waals surface area contributed by atoms with Crippen LogP contribution in [0.4, 0.5) is 5.82 Å². The molecule has 7 heteroatoms. The molecule has 2 aromatic heterocycles. The highest BCUT2D eigenvalue weighted by atomic mass is 16.5. The maximum atomic E-state index is 5.87. The maximum absolute atomic E-state index is 5.87. The monoisotopic (exact) mass is 327 g/mol. The van der Waals surface area contributed by atoms with Crippen molar-refractivity contribution >= 4 is 5.82 Å². The summed E-state index contributed by atoms with van der Waals surface area (Å²) in [7, 11) is 1.59. The normalized spacial score (nSPS) is 18.5. The highest BCUT2D eigenvalue weighted by Crippen LogP contribution is 2.38. The van der Waals surface area contributed by atoms with E-state index in [0.717, 1.165) is 37.6 Å². The summed E-state index contributed by atoms with van der Waals surface area (Å²) >= 11 is 0. The Bertz CT molecular complexity index is 682. The lowest BCUT2D eigenvalue weighted by atomic mass is 10.1. The summed E-state index contributed by atoms with van der Waals surface area (Å²) in [5.74, 6) is 3.24. The summed E-state index contributed by atoms with van der Waals surface area (Å²) in [6.07, 6.45) is 9.57. The number of ether oxygens (including phenoxy) is 2. The molecular formula is C17H21N5O2. The summed E-state index contributed by atoms with van der Waals surface area (Å²) in [5, 5.41) is 0. The zero-order chi connectivity index (χ0) is 16.4. The fourth-order valence-electron chi connectivity index (χ4n) is 2.90. The molecule has 126 valence electrons. The first-order valence-corrected chi connectivity index (χ1v) is 8.42. The van der Waals surface area contributed by atoms with Gasteiger partial charge in [-0.2, -0.15) is 9.97 Å². The first kappa shape index (κ1) is 15.1. The lowest BCUT2D eigenvalue weighted by Crippen LogP contribution is -2.39. The quantitative estimate of drug-likeness (QED) is 0.833. The Hall–Kier alpha value is -2.44. The van der Waals surface area contributed by atoms with E-state index in [1.807, 2.05) is 12.3 Å². The second kappa shape index (κ2) is 6.59. The molecule has 2 aromatic rings. The number of rotatable bonds is 5. The predicted octanol–water partition coefficient (Wildman–Crippen LogP) is 2.20. The Morgan fingerprint density at radius 1 is 1.04 bits per heavy atom. The van der Waals surface area contributed by atoms with Gasteiger partial charge in [0.25, 0.3) is 0 Å². The molecule has 0 amide bonds. The Morgan fingerprint density at radius 2 is 1.79 bits per heavy atom. The van der Waals surface area contributed by atoms with Gasteiger partial charge in [-0.05, 0) is 18.9 Å². The van der Waals surface area contributed by atoms with Crippen molar-refractivity contribution in [2.45, 2.75) is 37.7 Å². The minimum atomic E-state index is 0.138. The molecule has 0 unspecified atom stereocenters. The molecular weight excluding hydrogens is 306 g/mol. The van der Waals surface area contributed by atoms with Gasteiger partial charge in [0.05, 0.1) is 19.5 Å². The minimum Gasteiger partial charge on any atom is -0.494 e. The Kier molecular flexibility index (Phi) is 4.15. The van der Waals surface area contributed by atoms with Gasteiger partial charge in [0.1, 0.15) is 17.7 Å². The second-order valence-corrected chi connectivity index (χ2v) is 6.26. The van der Waals surface area contributed by atoms with Crippen molar-refractivity contribution in [1.82, 2.24) is 19.9 Å². The van der Waals surface area contributed by atoms with E-state index in [-0.39, 0.29) is 6.10 Å². The second-order valence-electron chi connectivity index (χ2n) is 6.26. The van der Waals surface area contributed by atoms with E-state index in [4.69, 9.17) is 14.5 Å². The molecule has 0 spiro atoms. The third-order valence-corrected chi connectivity index (χ3v) is 4.48. The third-order valence-electron chi connectivity index (χ3n) is 4.48. The molecule has 0 aromatic carbocycles. The maximum Gasteiger partial charge on any atom is 0.316 e. The highest BCUT2D eigenvalue weighted by Gasteiger charge is 2.28. The summed E-state index contributed by atoms with van der Waals surface area (Å²) in [6.45, 7) is 1.84. The van der Waals surface area contributed by atoms with Crippen LogP contribution >= 0.6 is 0 Å². The molecule has 2 fully saturated rings.